The monoisotopic (exact) mass is 714 g/mol. The zero-order chi connectivity index (χ0) is 35.5. The molecule has 2 aromatic rings. The molecule has 0 bridgehead atoms. The molecule has 6 rings (SSSR count). The van der Waals surface area contributed by atoms with Gasteiger partial charge in [-0.3, -0.25) is 4.79 Å². The second-order valence-corrected chi connectivity index (χ2v) is 16.5. The predicted octanol–water partition coefficient (Wildman–Crippen LogP) is 2.51. The molecule has 4 aliphatic rings. The minimum atomic E-state index is -4.25. The first-order valence-electron chi connectivity index (χ1n) is 17.5. The number of nitrogens with zero attached hydrogens (tertiary/aromatic N) is 2. The molecule has 3 aliphatic heterocycles. The smallest absolute Gasteiger partial charge is 0.243 e. The van der Waals surface area contributed by atoms with Crippen molar-refractivity contribution in [2.45, 2.75) is 88.2 Å². The molecule has 50 heavy (non-hydrogen) atoms. The first-order chi connectivity index (χ1) is 23.9. The highest BCUT2D eigenvalue weighted by Crippen LogP contribution is 2.38. The van der Waals surface area contributed by atoms with Crippen LogP contribution < -0.4 is 19.9 Å². The summed E-state index contributed by atoms with van der Waals surface area (Å²) >= 11 is 0. The Morgan fingerprint density at radius 3 is 2.54 bits per heavy atom. The van der Waals surface area contributed by atoms with Crippen LogP contribution in [0.2, 0.25) is 0 Å². The Morgan fingerprint density at radius 1 is 1.06 bits per heavy atom. The molecule has 2 saturated heterocycles. The Bertz CT molecular complexity index is 1600. The van der Waals surface area contributed by atoms with Crippen LogP contribution in [-0.4, -0.2) is 98.8 Å². The van der Waals surface area contributed by atoms with Crippen molar-refractivity contribution in [2.75, 3.05) is 39.6 Å². The van der Waals surface area contributed by atoms with Crippen LogP contribution >= 0.6 is 0 Å². The van der Waals surface area contributed by atoms with Gasteiger partial charge in [-0.2, -0.15) is 4.31 Å². The van der Waals surface area contributed by atoms with Gasteiger partial charge >= 0.3 is 0 Å². The Balaban J connectivity index is 1.26. The Labute approximate surface area is 293 Å². The average molecular weight is 715 g/mol. The third-order valence-electron chi connectivity index (χ3n) is 10.4. The normalized spacial score (nSPS) is 22.9. The van der Waals surface area contributed by atoms with Crippen LogP contribution in [0, 0.1) is 17.3 Å². The number of hydrogen-bond acceptors (Lipinski definition) is 10. The lowest BCUT2D eigenvalue weighted by molar-refractivity contribution is -0.273. The van der Waals surface area contributed by atoms with Crippen molar-refractivity contribution in [2.24, 2.45) is 17.3 Å². The van der Waals surface area contributed by atoms with E-state index in [1.165, 1.54) is 22.5 Å². The van der Waals surface area contributed by atoms with Crippen LogP contribution in [0.3, 0.4) is 0 Å². The summed E-state index contributed by atoms with van der Waals surface area (Å²) in [7, 11) is -4.25. The molecule has 2 aromatic carbocycles. The van der Waals surface area contributed by atoms with E-state index >= 15 is 0 Å². The first-order valence-corrected chi connectivity index (χ1v) is 19.0. The maximum Gasteiger partial charge on any atom is 0.243 e. The lowest BCUT2D eigenvalue weighted by atomic mass is 9.84. The molecule has 2 N–H and O–H groups in total. The van der Waals surface area contributed by atoms with Gasteiger partial charge in [-0.25, -0.2) is 8.42 Å². The number of rotatable bonds is 16. The van der Waals surface area contributed by atoms with E-state index in [4.69, 9.17) is 18.9 Å². The molecule has 14 heteroatoms. The SMILES string of the molecule is CC(C)(CCCNC(=O)C1CCC1)CN(C[C@@H](O)[C@H](Cc1ccccc1)N(C(=O)[O-])[C@H]1CO[C@H]2OCC[C@H]21)S(=O)(=O)c1ccc2c(c1)OCO2. The number of carboxylic acid groups (broad SMARTS) is 1. The van der Waals surface area contributed by atoms with Gasteiger partial charge in [-0.15, -0.1) is 0 Å². The number of amides is 2. The van der Waals surface area contributed by atoms with E-state index < -0.39 is 52.6 Å². The largest absolute Gasteiger partial charge is 0.530 e. The molecule has 0 spiro atoms. The Hall–Kier alpha value is -3.43. The highest BCUT2D eigenvalue weighted by atomic mass is 32.2. The zero-order valence-corrected chi connectivity index (χ0v) is 29.5. The zero-order valence-electron chi connectivity index (χ0n) is 28.7. The number of fused-ring (bicyclic) bond motifs is 2. The van der Waals surface area contributed by atoms with Gasteiger partial charge in [-0.05, 0) is 61.6 Å². The Kier molecular flexibility index (Phi) is 11.2. The van der Waals surface area contributed by atoms with E-state index in [1.807, 2.05) is 44.2 Å². The minimum Gasteiger partial charge on any atom is -0.530 e. The summed E-state index contributed by atoms with van der Waals surface area (Å²) in [6.45, 7) is 4.48. The molecule has 3 heterocycles. The molecule has 13 nitrogen and oxygen atoms in total. The third-order valence-corrected chi connectivity index (χ3v) is 12.3. The van der Waals surface area contributed by atoms with E-state index in [1.54, 1.807) is 0 Å². The molecule has 2 amide bonds. The summed E-state index contributed by atoms with van der Waals surface area (Å²) in [4.78, 5) is 26.4. The lowest BCUT2D eigenvalue weighted by Gasteiger charge is -2.43. The highest BCUT2D eigenvalue weighted by Gasteiger charge is 2.47. The van der Waals surface area contributed by atoms with Crippen molar-refractivity contribution in [1.82, 2.24) is 14.5 Å². The molecule has 1 saturated carbocycles. The summed E-state index contributed by atoms with van der Waals surface area (Å²) < 4.78 is 52.5. The highest BCUT2D eigenvalue weighted by molar-refractivity contribution is 7.89. The van der Waals surface area contributed by atoms with Crippen LogP contribution in [0.25, 0.3) is 0 Å². The summed E-state index contributed by atoms with van der Waals surface area (Å²) in [6, 6.07) is 11.9. The minimum absolute atomic E-state index is 0.0197. The molecule has 5 atom stereocenters. The summed E-state index contributed by atoms with van der Waals surface area (Å²) in [5.41, 5.74) is 0.191. The fourth-order valence-corrected chi connectivity index (χ4v) is 9.10. The molecular weight excluding hydrogens is 666 g/mol. The standard InChI is InChI=1S/C36H49N3O10S/c1-36(2,15-7-16-37-33(41)25-10-6-11-25)22-38(50(44,45)26-12-13-31-32(19-26)49-23-48-31)20-30(40)28(18-24-8-4-3-5-9-24)39(35(42)43)29-21-47-34-27(29)14-17-46-34/h3-5,8-9,12-13,19,25,27-30,34,40H,6-7,10-11,14-18,20-23H2,1-2H3,(H,37,41)(H,42,43)/p-1/t27-,28-,29-,30+,34+/m0/s1. The summed E-state index contributed by atoms with van der Waals surface area (Å²) in [6.07, 6.45) is 1.36. The van der Waals surface area contributed by atoms with Gasteiger partial charge < -0.3 is 44.2 Å². The quantitative estimate of drug-likeness (QED) is 0.247. The van der Waals surface area contributed by atoms with Crippen molar-refractivity contribution >= 4 is 22.0 Å². The van der Waals surface area contributed by atoms with Crippen molar-refractivity contribution < 1.29 is 47.2 Å². The average Bonchev–Trinajstić information content (AvgIpc) is 3.80. The van der Waals surface area contributed by atoms with E-state index in [0.29, 0.717) is 43.9 Å². The van der Waals surface area contributed by atoms with E-state index in [9.17, 15) is 28.2 Å². The number of ether oxygens (including phenoxy) is 4. The number of nitrogens with one attached hydrogen (secondary N) is 1. The van der Waals surface area contributed by atoms with Gasteiger partial charge in [0.05, 0.1) is 36.3 Å². The molecule has 1 aliphatic carbocycles. The molecule has 3 fully saturated rings. The number of benzene rings is 2. The molecular formula is C36H48N3O10S-. The first kappa shape index (κ1) is 36.4. The molecule has 274 valence electrons. The van der Waals surface area contributed by atoms with Crippen molar-refractivity contribution in [3.8, 4) is 11.5 Å². The number of hydrogen-bond donors (Lipinski definition) is 2. The second-order valence-electron chi connectivity index (χ2n) is 14.6. The van der Waals surface area contributed by atoms with Crippen LogP contribution in [-0.2, 0) is 30.7 Å². The predicted molar refractivity (Wildman–Crippen MR) is 179 cm³/mol. The topological polar surface area (TPSA) is 167 Å². The van der Waals surface area contributed by atoms with Gasteiger partial charge in [0.15, 0.2) is 17.8 Å². The summed E-state index contributed by atoms with van der Waals surface area (Å²) in [5.74, 6) is 0.636. The van der Waals surface area contributed by atoms with Gasteiger partial charge in [0.2, 0.25) is 22.7 Å². The molecule has 0 unspecified atom stereocenters. The maximum atomic E-state index is 14.5. The van der Waals surface area contributed by atoms with Crippen LogP contribution in [0.5, 0.6) is 11.5 Å². The number of carbonyl (C=O) groups excluding carboxylic acids is 2. The van der Waals surface area contributed by atoms with E-state index in [0.717, 1.165) is 29.7 Å². The number of carbonyl (C=O) groups is 2. The number of sulfonamides is 1. The van der Waals surface area contributed by atoms with Crippen LogP contribution in [0.15, 0.2) is 53.4 Å². The van der Waals surface area contributed by atoms with E-state index in [-0.39, 0.29) is 49.0 Å². The molecule has 0 radical (unpaired) electrons. The van der Waals surface area contributed by atoms with Crippen LogP contribution in [0.1, 0.15) is 57.9 Å². The third kappa shape index (κ3) is 8.20. The van der Waals surface area contributed by atoms with Gasteiger partial charge in [0.25, 0.3) is 0 Å². The number of aliphatic hydroxyl groups excluding tert-OH is 1. The van der Waals surface area contributed by atoms with Crippen molar-refractivity contribution in [3.63, 3.8) is 0 Å². The van der Waals surface area contributed by atoms with Gasteiger partial charge in [0, 0.05) is 37.5 Å². The van der Waals surface area contributed by atoms with Gasteiger partial charge in [-0.1, -0.05) is 50.6 Å². The van der Waals surface area contributed by atoms with Crippen LogP contribution in [0.4, 0.5) is 4.79 Å². The maximum absolute atomic E-state index is 14.5. The molecule has 0 aromatic heterocycles. The fraction of sp³-hybridized carbons (Fsp3) is 0.611. The van der Waals surface area contributed by atoms with Gasteiger partial charge in [0.1, 0.15) is 6.09 Å². The Morgan fingerprint density at radius 2 is 1.82 bits per heavy atom. The second kappa shape index (κ2) is 15.4. The van der Waals surface area contributed by atoms with E-state index in [2.05, 4.69) is 5.32 Å². The van der Waals surface area contributed by atoms with Crippen molar-refractivity contribution in [3.05, 3.63) is 54.1 Å². The fourth-order valence-electron chi connectivity index (χ4n) is 7.44. The number of aliphatic hydroxyl groups is 1. The lowest BCUT2D eigenvalue weighted by Crippen LogP contribution is -2.61. The summed E-state index contributed by atoms with van der Waals surface area (Å²) in [5, 5.41) is 28.0. The van der Waals surface area contributed by atoms with Crippen molar-refractivity contribution in [1.29, 1.82) is 0 Å².